The van der Waals surface area contributed by atoms with E-state index in [9.17, 15) is 4.39 Å². The average molecular weight is 153 g/mol. The van der Waals surface area contributed by atoms with Gasteiger partial charge in [-0.2, -0.15) is 0 Å². The smallest absolute Gasteiger partial charge is 0.142 e. The maximum Gasteiger partial charge on any atom is 0.142 e. The Bertz CT molecular complexity index is 216. The first kappa shape index (κ1) is 8.05. The second-order valence-electron chi connectivity index (χ2n) is 2.52. The lowest BCUT2D eigenvalue weighted by Gasteiger charge is -2.13. The van der Waals surface area contributed by atoms with Crippen molar-refractivity contribution in [2.24, 2.45) is 5.92 Å². The van der Waals surface area contributed by atoms with Crippen molar-refractivity contribution in [3.63, 3.8) is 0 Å². The van der Waals surface area contributed by atoms with Gasteiger partial charge < -0.3 is 5.32 Å². The van der Waals surface area contributed by atoms with Crippen LogP contribution in [0.2, 0.25) is 0 Å². The molecule has 0 aliphatic heterocycles. The van der Waals surface area contributed by atoms with Gasteiger partial charge in [-0.05, 0) is 12.5 Å². The summed E-state index contributed by atoms with van der Waals surface area (Å²) in [5.74, 6) is -0.0178. The molecule has 2 heteroatoms. The molecule has 1 unspecified atom stereocenters. The molecule has 0 aromatic rings. The highest BCUT2D eigenvalue weighted by Crippen LogP contribution is 2.22. The van der Waals surface area contributed by atoms with Crippen molar-refractivity contribution in [2.45, 2.75) is 6.42 Å². The zero-order valence-corrected chi connectivity index (χ0v) is 6.60. The molecule has 0 saturated heterocycles. The summed E-state index contributed by atoms with van der Waals surface area (Å²) in [5, 5.41) is 2.78. The Kier molecular flexibility index (Phi) is 2.47. The number of nitrogens with one attached hydrogen (secondary N) is 1. The van der Waals surface area contributed by atoms with E-state index in [-0.39, 0.29) is 11.7 Å². The molecule has 1 N–H and O–H groups in total. The summed E-state index contributed by atoms with van der Waals surface area (Å²) in [7, 11) is 1.72. The van der Waals surface area contributed by atoms with Gasteiger partial charge in [0.2, 0.25) is 0 Å². The van der Waals surface area contributed by atoms with Gasteiger partial charge in [0.25, 0.3) is 0 Å². The molecule has 1 nitrogen and oxygen atoms in total. The molecule has 1 rings (SSSR count). The van der Waals surface area contributed by atoms with E-state index in [1.165, 1.54) is 0 Å². The van der Waals surface area contributed by atoms with Crippen LogP contribution < -0.4 is 5.32 Å². The van der Waals surface area contributed by atoms with Crippen molar-refractivity contribution in [2.75, 3.05) is 7.05 Å². The molecule has 0 amide bonds. The van der Waals surface area contributed by atoms with Crippen molar-refractivity contribution >= 4 is 0 Å². The first-order chi connectivity index (χ1) is 5.27. The minimum absolute atomic E-state index is 0.159. The number of rotatable bonds is 2. The average Bonchev–Trinajstić information content (AvgIpc) is 2.04. The van der Waals surface area contributed by atoms with Crippen LogP contribution in [0.15, 0.2) is 36.3 Å². The van der Waals surface area contributed by atoms with Gasteiger partial charge in [0.05, 0.1) is 5.70 Å². The lowest BCUT2D eigenvalue weighted by Crippen LogP contribution is -2.11. The topological polar surface area (TPSA) is 12.0 Å². The van der Waals surface area contributed by atoms with Crippen LogP contribution in [0.1, 0.15) is 6.42 Å². The normalized spacial score (nSPS) is 23.6. The van der Waals surface area contributed by atoms with E-state index < -0.39 is 0 Å². The molecule has 0 aromatic carbocycles. The fourth-order valence-electron chi connectivity index (χ4n) is 1.08. The Balaban J connectivity index is 2.73. The van der Waals surface area contributed by atoms with E-state index in [4.69, 9.17) is 0 Å². The monoisotopic (exact) mass is 153 g/mol. The maximum atomic E-state index is 13.0. The van der Waals surface area contributed by atoms with Crippen LogP contribution in [0, 0.1) is 5.92 Å². The van der Waals surface area contributed by atoms with Crippen LogP contribution in [-0.4, -0.2) is 7.05 Å². The summed E-state index contributed by atoms with van der Waals surface area (Å²) >= 11 is 0. The zero-order valence-electron chi connectivity index (χ0n) is 6.60. The van der Waals surface area contributed by atoms with Crippen LogP contribution in [-0.2, 0) is 0 Å². The fraction of sp³-hybridized carbons (Fsp3) is 0.333. The molecule has 0 saturated carbocycles. The number of hydrogen-bond donors (Lipinski definition) is 1. The minimum atomic E-state index is -0.177. The second-order valence-corrected chi connectivity index (χ2v) is 2.52. The quantitative estimate of drug-likeness (QED) is 0.599. The minimum Gasteiger partial charge on any atom is -0.386 e. The Morgan fingerprint density at radius 2 is 2.55 bits per heavy atom. The van der Waals surface area contributed by atoms with Crippen LogP contribution in [0.4, 0.5) is 4.39 Å². The summed E-state index contributed by atoms with van der Waals surface area (Å²) < 4.78 is 13.0. The molecular formula is C9H12FN. The molecule has 0 aromatic heterocycles. The third kappa shape index (κ3) is 1.70. The largest absolute Gasteiger partial charge is 0.386 e. The molecule has 0 heterocycles. The second kappa shape index (κ2) is 3.37. The molecule has 11 heavy (non-hydrogen) atoms. The Morgan fingerprint density at radius 1 is 1.82 bits per heavy atom. The van der Waals surface area contributed by atoms with Crippen molar-refractivity contribution < 1.29 is 4.39 Å². The Hall–Kier alpha value is -1.05. The van der Waals surface area contributed by atoms with Gasteiger partial charge >= 0.3 is 0 Å². The standard InChI is InChI=1S/C9H12FN/c1-3-7-4-5-9(11-2)8(10)6-7/h3,5-7,11H,1,4H2,2H3. The Labute approximate surface area is 66.3 Å². The van der Waals surface area contributed by atoms with Gasteiger partial charge in [0, 0.05) is 13.0 Å². The third-order valence-electron chi connectivity index (χ3n) is 1.78. The van der Waals surface area contributed by atoms with E-state index >= 15 is 0 Å². The molecule has 0 bridgehead atoms. The van der Waals surface area contributed by atoms with Crippen molar-refractivity contribution in [1.29, 1.82) is 0 Å². The first-order valence-electron chi connectivity index (χ1n) is 3.66. The van der Waals surface area contributed by atoms with Gasteiger partial charge in [0.1, 0.15) is 5.83 Å². The molecule has 0 radical (unpaired) electrons. The maximum absolute atomic E-state index is 13.0. The van der Waals surface area contributed by atoms with Crippen LogP contribution in [0.5, 0.6) is 0 Å². The van der Waals surface area contributed by atoms with Gasteiger partial charge in [-0.3, -0.25) is 0 Å². The lowest BCUT2D eigenvalue weighted by atomic mass is 9.99. The molecule has 1 aliphatic carbocycles. The highest BCUT2D eigenvalue weighted by atomic mass is 19.1. The van der Waals surface area contributed by atoms with Gasteiger partial charge in [-0.15, -0.1) is 6.58 Å². The molecular weight excluding hydrogens is 141 g/mol. The van der Waals surface area contributed by atoms with Crippen molar-refractivity contribution in [1.82, 2.24) is 5.32 Å². The summed E-state index contributed by atoms with van der Waals surface area (Å²) in [4.78, 5) is 0. The summed E-state index contributed by atoms with van der Waals surface area (Å²) in [6, 6.07) is 0. The van der Waals surface area contributed by atoms with Crippen LogP contribution in [0.3, 0.4) is 0 Å². The molecule has 1 atom stereocenters. The van der Waals surface area contributed by atoms with E-state index in [1.54, 1.807) is 19.2 Å². The highest BCUT2D eigenvalue weighted by molar-refractivity contribution is 5.29. The summed E-state index contributed by atoms with van der Waals surface area (Å²) in [6.07, 6.45) is 6.02. The van der Waals surface area contributed by atoms with E-state index in [1.807, 2.05) is 6.08 Å². The number of likely N-dealkylation sites (N-methyl/N-ethyl adjacent to an activating group) is 1. The van der Waals surface area contributed by atoms with Gasteiger partial charge in [0.15, 0.2) is 0 Å². The predicted molar refractivity (Wildman–Crippen MR) is 44.6 cm³/mol. The SMILES string of the molecule is C=CC1C=C(F)C(NC)=CC1. The molecule has 1 aliphatic rings. The van der Waals surface area contributed by atoms with Gasteiger partial charge in [-0.25, -0.2) is 4.39 Å². The van der Waals surface area contributed by atoms with E-state index in [2.05, 4.69) is 11.9 Å². The Morgan fingerprint density at radius 3 is 3.00 bits per heavy atom. The summed E-state index contributed by atoms with van der Waals surface area (Å²) in [5.41, 5.74) is 0.586. The molecule has 0 fully saturated rings. The predicted octanol–water partition coefficient (Wildman–Crippen LogP) is 2.15. The molecule has 0 spiro atoms. The summed E-state index contributed by atoms with van der Waals surface area (Å²) in [6.45, 7) is 3.61. The molecule has 60 valence electrons. The number of halogens is 1. The number of hydrogen-bond acceptors (Lipinski definition) is 1. The highest BCUT2D eigenvalue weighted by Gasteiger charge is 2.11. The van der Waals surface area contributed by atoms with Crippen LogP contribution in [0.25, 0.3) is 0 Å². The zero-order chi connectivity index (χ0) is 8.27. The first-order valence-corrected chi connectivity index (χ1v) is 3.66. The van der Waals surface area contributed by atoms with Crippen LogP contribution >= 0.6 is 0 Å². The number of allylic oxidation sites excluding steroid dienone is 4. The van der Waals surface area contributed by atoms with E-state index in [0.717, 1.165) is 6.42 Å². The van der Waals surface area contributed by atoms with Crippen molar-refractivity contribution in [3.8, 4) is 0 Å². The third-order valence-corrected chi connectivity index (χ3v) is 1.78. The fourth-order valence-corrected chi connectivity index (χ4v) is 1.08. The van der Waals surface area contributed by atoms with E-state index in [0.29, 0.717) is 5.70 Å². The lowest BCUT2D eigenvalue weighted by molar-refractivity contribution is 0.599. The van der Waals surface area contributed by atoms with Crippen molar-refractivity contribution in [3.05, 3.63) is 36.3 Å². The van der Waals surface area contributed by atoms with Gasteiger partial charge in [-0.1, -0.05) is 12.2 Å².